The zero-order chi connectivity index (χ0) is 52.0. The molecule has 0 aliphatic carbocycles. The topological polar surface area (TPSA) is 275 Å². The van der Waals surface area contributed by atoms with Crippen LogP contribution in [0.4, 0.5) is 0 Å². The molecule has 426 valence electrons. The molecule has 1 aromatic rings. The van der Waals surface area contributed by atoms with Crippen LogP contribution in [-0.2, 0) is 96.0 Å². The maximum Gasteiger partial charge on any atom is 0.264 e. The second kappa shape index (κ2) is 52.4. The van der Waals surface area contributed by atoms with Gasteiger partial charge in [-0.05, 0) is 37.8 Å². The van der Waals surface area contributed by atoms with E-state index in [1.54, 1.807) is 0 Å². The highest BCUT2D eigenvalue weighted by Crippen LogP contribution is 2.26. The Labute approximate surface area is 427 Å². The van der Waals surface area contributed by atoms with Crippen molar-refractivity contribution in [3.8, 4) is 11.5 Å². The molecule has 2 N–H and O–H groups in total. The molecule has 0 unspecified atom stereocenters. The Bertz CT molecular complexity index is 1390. The number of benzene rings is 1. The van der Waals surface area contributed by atoms with Crippen LogP contribution in [0.2, 0.25) is 0 Å². The van der Waals surface area contributed by atoms with Crippen molar-refractivity contribution in [2.75, 3.05) is 236 Å². The molecule has 0 heterocycles. The summed E-state index contributed by atoms with van der Waals surface area (Å²) in [6.07, 6.45) is 1.83. The summed E-state index contributed by atoms with van der Waals surface area (Å²) < 4.78 is 159. The van der Waals surface area contributed by atoms with E-state index >= 15 is 0 Å². The zero-order valence-corrected chi connectivity index (χ0v) is 43.9. The molecule has 0 spiro atoms. The van der Waals surface area contributed by atoms with Crippen LogP contribution >= 0.6 is 0 Å². The van der Waals surface area contributed by atoms with E-state index in [2.05, 4.69) is 0 Å². The van der Waals surface area contributed by atoms with Gasteiger partial charge >= 0.3 is 0 Å². The van der Waals surface area contributed by atoms with Gasteiger partial charge in [-0.2, -0.15) is 16.8 Å². The summed E-state index contributed by atoms with van der Waals surface area (Å²) in [5.74, 6) is 0.747. The van der Waals surface area contributed by atoms with Gasteiger partial charge in [0.1, 0.15) is 13.2 Å². The second-order valence-electron chi connectivity index (χ2n) is 14.9. The van der Waals surface area contributed by atoms with Gasteiger partial charge in [0.2, 0.25) is 0 Å². The molecule has 0 aliphatic rings. The highest BCUT2D eigenvalue weighted by molar-refractivity contribution is 7.86. The molecule has 1 aromatic carbocycles. The second-order valence-corrected chi connectivity index (χ2v) is 18.1. The molecule has 1 rings (SSSR count). The lowest BCUT2D eigenvalue weighted by Gasteiger charge is -2.13. The monoisotopic (exact) mass is 1090 g/mol. The first-order chi connectivity index (χ1) is 35.2. The van der Waals surface area contributed by atoms with Crippen molar-refractivity contribution in [3.05, 3.63) is 24.3 Å². The number of unbranched alkanes of at least 4 members (excludes halogenated alkanes) is 2. The van der Waals surface area contributed by atoms with Crippen LogP contribution in [0.5, 0.6) is 11.5 Å². The third kappa shape index (κ3) is 54.3. The molecule has 0 atom stereocenters. The fraction of sp³-hybridized carbons (Fsp3) is 0.870. The lowest BCUT2D eigenvalue weighted by atomic mass is 10.3. The molecule has 0 saturated heterocycles. The molecule has 26 heteroatoms. The summed E-state index contributed by atoms with van der Waals surface area (Å²) in [5.41, 5.74) is 0. The summed E-state index contributed by atoms with van der Waals surface area (Å²) in [5, 5.41) is 0. The molecule has 24 nitrogen and oxygen atoms in total. The fourth-order valence-electron chi connectivity index (χ4n) is 5.37. The van der Waals surface area contributed by atoms with E-state index in [4.69, 9.17) is 94.4 Å². The van der Waals surface area contributed by atoms with Gasteiger partial charge in [0, 0.05) is 13.2 Å². The molecule has 0 aliphatic heterocycles. The van der Waals surface area contributed by atoms with Crippen LogP contribution in [0.25, 0.3) is 0 Å². The summed E-state index contributed by atoms with van der Waals surface area (Å²) in [7, 11) is -7.81. The van der Waals surface area contributed by atoms with Crippen molar-refractivity contribution in [1.82, 2.24) is 0 Å². The van der Waals surface area contributed by atoms with Crippen molar-refractivity contribution in [3.63, 3.8) is 0 Å². The number of hydrogen-bond acceptors (Lipinski definition) is 22. The first kappa shape index (κ1) is 68.0. The molecule has 0 bridgehead atoms. The van der Waals surface area contributed by atoms with Gasteiger partial charge in [-0.15, -0.1) is 0 Å². The zero-order valence-electron chi connectivity index (χ0n) is 42.3. The third-order valence-electron chi connectivity index (χ3n) is 8.91. The highest BCUT2D eigenvalue weighted by atomic mass is 32.2. The van der Waals surface area contributed by atoms with Crippen molar-refractivity contribution < 1.29 is 111 Å². The lowest BCUT2D eigenvalue weighted by Crippen LogP contribution is -2.15. The Hall–Kier alpha value is -2.00. The van der Waals surface area contributed by atoms with Gasteiger partial charge in [0.05, 0.1) is 210 Å². The smallest absolute Gasteiger partial charge is 0.264 e. The van der Waals surface area contributed by atoms with Gasteiger partial charge in [-0.25, -0.2) is 0 Å². The number of rotatable bonds is 60. The molecule has 0 radical (unpaired) electrons. The SMILES string of the molecule is O=S(=O)(O)CCCCOCCOCCOCCOCCOCCOCCOCCOCCOc1ccccc1OCCOCCOCCOCCOCCOCCOCCOCCOCCCCS(=O)(=O)O. The first-order valence-corrected chi connectivity index (χ1v) is 27.9. The number of hydrogen-bond donors (Lipinski definition) is 2. The molecule has 0 aromatic heterocycles. The Morgan fingerprint density at radius 3 is 0.597 bits per heavy atom. The predicted molar refractivity (Wildman–Crippen MR) is 262 cm³/mol. The maximum absolute atomic E-state index is 10.6. The van der Waals surface area contributed by atoms with E-state index < -0.39 is 20.2 Å². The lowest BCUT2D eigenvalue weighted by molar-refractivity contribution is -0.0238. The average Bonchev–Trinajstić information content (AvgIpc) is 3.35. The Kier molecular flexibility index (Phi) is 49.5. The van der Waals surface area contributed by atoms with Crippen LogP contribution < -0.4 is 9.47 Å². The highest BCUT2D eigenvalue weighted by Gasteiger charge is 2.06. The standard InChI is InChI=1S/C46H86O24S2/c47-71(48,49)43-5-3-9-53-11-13-55-15-17-57-19-21-59-23-25-61-27-29-63-31-33-65-35-37-67-39-41-69-45-7-1-2-8-46(45)70-42-40-68-38-36-66-34-32-64-30-28-62-26-24-60-22-20-58-18-16-56-14-12-54-10-4-6-44-72(50,51)52/h1-2,7-8H,3-6,9-44H2,(H,47,48,49)(H,50,51,52). The van der Waals surface area contributed by atoms with E-state index in [1.807, 2.05) is 24.3 Å². The third-order valence-corrected chi connectivity index (χ3v) is 10.5. The van der Waals surface area contributed by atoms with Crippen molar-refractivity contribution in [2.24, 2.45) is 0 Å². The minimum atomic E-state index is -3.90. The molecule has 0 fully saturated rings. The van der Waals surface area contributed by atoms with Crippen LogP contribution in [0.1, 0.15) is 25.7 Å². The quantitative estimate of drug-likeness (QED) is 0.0698. The van der Waals surface area contributed by atoms with Gasteiger partial charge in [-0.3, -0.25) is 9.11 Å². The minimum Gasteiger partial charge on any atom is -0.487 e. The Morgan fingerprint density at radius 2 is 0.417 bits per heavy atom. The van der Waals surface area contributed by atoms with Gasteiger partial charge in [0.15, 0.2) is 11.5 Å². The van der Waals surface area contributed by atoms with Crippen molar-refractivity contribution in [1.29, 1.82) is 0 Å². The molecule has 72 heavy (non-hydrogen) atoms. The van der Waals surface area contributed by atoms with Crippen LogP contribution in [0, 0.1) is 0 Å². The van der Waals surface area contributed by atoms with E-state index in [-0.39, 0.29) is 11.5 Å². The molecular formula is C46H86O24S2. The van der Waals surface area contributed by atoms with Crippen molar-refractivity contribution in [2.45, 2.75) is 25.7 Å². The van der Waals surface area contributed by atoms with Gasteiger partial charge < -0.3 is 85.3 Å². The van der Waals surface area contributed by atoms with Crippen LogP contribution in [0.15, 0.2) is 24.3 Å². The maximum atomic E-state index is 10.6. The van der Waals surface area contributed by atoms with Crippen LogP contribution in [0.3, 0.4) is 0 Å². The molecule has 0 amide bonds. The number of para-hydroxylation sites is 2. The number of ether oxygens (including phenoxy) is 18. The largest absolute Gasteiger partial charge is 0.487 e. The van der Waals surface area contributed by atoms with E-state index in [1.165, 1.54) is 0 Å². The Balaban J connectivity index is 1.76. The summed E-state index contributed by atoms with van der Waals surface area (Å²) in [6.45, 7) is 14.8. The first-order valence-electron chi connectivity index (χ1n) is 24.7. The van der Waals surface area contributed by atoms with E-state index in [0.717, 1.165) is 0 Å². The van der Waals surface area contributed by atoms with E-state index in [9.17, 15) is 16.8 Å². The van der Waals surface area contributed by atoms with Gasteiger partial charge in [0.25, 0.3) is 20.2 Å². The predicted octanol–water partition coefficient (Wildman–Crippen LogP) is 2.05. The van der Waals surface area contributed by atoms with Crippen molar-refractivity contribution >= 4 is 20.2 Å². The molecule has 0 saturated carbocycles. The normalized spacial score (nSPS) is 12.0. The minimum absolute atomic E-state index is 0.252. The van der Waals surface area contributed by atoms with Crippen LogP contribution in [-0.4, -0.2) is 262 Å². The fourth-order valence-corrected chi connectivity index (χ4v) is 6.51. The van der Waals surface area contributed by atoms with Gasteiger partial charge in [-0.1, -0.05) is 12.1 Å². The molecular weight excluding hydrogens is 1000 g/mol. The summed E-state index contributed by atoms with van der Waals surface area (Å²) in [6, 6.07) is 7.44. The Morgan fingerprint density at radius 1 is 0.250 bits per heavy atom. The summed E-state index contributed by atoms with van der Waals surface area (Å²) in [4.78, 5) is 0. The van der Waals surface area contributed by atoms with E-state index in [0.29, 0.717) is 262 Å². The summed E-state index contributed by atoms with van der Waals surface area (Å²) >= 11 is 0. The average molecular weight is 1090 g/mol.